The maximum absolute atomic E-state index is 5.62. The lowest BCUT2D eigenvalue weighted by atomic mass is 9.73. The molecule has 0 aromatic carbocycles. The molecule has 0 radical (unpaired) electrons. The Morgan fingerprint density at radius 3 is 1.85 bits per heavy atom. The van der Waals surface area contributed by atoms with E-state index in [1.807, 2.05) is 0 Å². The van der Waals surface area contributed by atoms with Crippen LogP contribution in [0.15, 0.2) is 0 Å². The monoisotopic (exact) mass is 182 g/mol. The third-order valence-electron chi connectivity index (χ3n) is 3.92. The third-order valence-corrected chi connectivity index (χ3v) is 3.92. The topological polar surface area (TPSA) is 21.8 Å². The molecule has 2 nitrogen and oxygen atoms in total. The van der Waals surface area contributed by atoms with Gasteiger partial charge in [0.1, 0.15) is 0 Å². The Labute approximate surface area is 79.6 Å². The highest BCUT2D eigenvalue weighted by atomic mass is 16.6. The maximum Gasteiger partial charge on any atom is 0.0841 e. The first-order chi connectivity index (χ1) is 6.45. The standard InChI is InChI=1S/C11H18O2/c1-2-4-9(11-7-13-11)8(3-1)10-5-6-12-10/h8-11H,1-7H2. The summed E-state index contributed by atoms with van der Waals surface area (Å²) in [6.07, 6.45) is 8.09. The summed E-state index contributed by atoms with van der Waals surface area (Å²) in [6, 6.07) is 0. The summed E-state index contributed by atoms with van der Waals surface area (Å²) in [6.45, 7) is 2.02. The molecule has 4 unspecified atom stereocenters. The minimum absolute atomic E-state index is 0.592. The van der Waals surface area contributed by atoms with E-state index in [0.29, 0.717) is 12.2 Å². The highest BCUT2D eigenvalue weighted by Gasteiger charge is 2.43. The van der Waals surface area contributed by atoms with E-state index in [2.05, 4.69) is 0 Å². The molecule has 2 heterocycles. The molecule has 2 heteroatoms. The van der Waals surface area contributed by atoms with Crippen molar-refractivity contribution in [3.8, 4) is 0 Å². The van der Waals surface area contributed by atoms with Crippen LogP contribution in [0.4, 0.5) is 0 Å². The Morgan fingerprint density at radius 1 is 0.769 bits per heavy atom. The van der Waals surface area contributed by atoms with Gasteiger partial charge in [-0.2, -0.15) is 0 Å². The predicted molar refractivity (Wildman–Crippen MR) is 49.5 cm³/mol. The van der Waals surface area contributed by atoms with Crippen LogP contribution in [0.1, 0.15) is 32.1 Å². The summed E-state index contributed by atoms with van der Waals surface area (Å²) in [7, 11) is 0. The zero-order valence-corrected chi connectivity index (χ0v) is 8.08. The second-order valence-corrected chi connectivity index (χ2v) is 4.68. The Hall–Kier alpha value is -0.0800. The zero-order valence-electron chi connectivity index (χ0n) is 8.08. The fourth-order valence-electron chi connectivity index (χ4n) is 3.01. The van der Waals surface area contributed by atoms with Crippen LogP contribution in [-0.2, 0) is 9.47 Å². The molecule has 1 aliphatic carbocycles. The summed E-state index contributed by atoms with van der Waals surface area (Å²) in [5.74, 6) is 1.66. The largest absolute Gasteiger partial charge is 0.378 e. The molecule has 2 saturated heterocycles. The molecule has 74 valence electrons. The van der Waals surface area contributed by atoms with Gasteiger partial charge in [-0.1, -0.05) is 12.8 Å². The van der Waals surface area contributed by atoms with E-state index in [0.717, 1.165) is 25.0 Å². The van der Waals surface area contributed by atoms with Crippen LogP contribution in [0.5, 0.6) is 0 Å². The van der Waals surface area contributed by atoms with Crippen LogP contribution in [0.25, 0.3) is 0 Å². The van der Waals surface area contributed by atoms with Crippen LogP contribution in [0.2, 0.25) is 0 Å². The van der Waals surface area contributed by atoms with Crippen LogP contribution in [0.3, 0.4) is 0 Å². The van der Waals surface area contributed by atoms with Crippen molar-refractivity contribution < 1.29 is 9.47 Å². The highest BCUT2D eigenvalue weighted by molar-refractivity contribution is 4.92. The average Bonchev–Trinajstić information content (AvgIpc) is 2.85. The van der Waals surface area contributed by atoms with Gasteiger partial charge in [0.15, 0.2) is 0 Å². The van der Waals surface area contributed by atoms with Gasteiger partial charge in [0.25, 0.3) is 0 Å². The molecule has 1 saturated carbocycles. The van der Waals surface area contributed by atoms with E-state index in [-0.39, 0.29) is 0 Å². The lowest BCUT2D eigenvalue weighted by molar-refractivity contribution is -0.109. The Bertz CT molecular complexity index is 185. The van der Waals surface area contributed by atoms with Crippen molar-refractivity contribution in [2.24, 2.45) is 11.8 Å². The summed E-state index contributed by atoms with van der Waals surface area (Å²) >= 11 is 0. The molecule has 4 atom stereocenters. The molecule has 0 N–H and O–H groups in total. The van der Waals surface area contributed by atoms with E-state index < -0.39 is 0 Å². The zero-order chi connectivity index (χ0) is 8.67. The predicted octanol–water partition coefficient (Wildman–Crippen LogP) is 1.98. The highest BCUT2D eigenvalue weighted by Crippen LogP contribution is 2.42. The van der Waals surface area contributed by atoms with E-state index >= 15 is 0 Å². The molecule has 3 aliphatic rings. The van der Waals surface area contributed by atoms with Gasteiger partial charge in [0.05, 0.1) is 18.8 Å². The van der Waals surface area contributed by atoms with Gasteiger partial charge < -0.3 is 9.47 Å². The Morgan fingerprint density at radius 2 is 1.38 bits per heavy atom. The van der Waals surface area contributed by atoms with E-state index in [9.17, 15) is 0 Å². The molecule has 0 aromatic rings. The van der Waals surface area contributed by atoms with E-state index in [4.69, 9.17) is 9.47 Å². The Balaban J connectivity index is 1.66. The molecule has 0 amide bonds. The number of epoxide rings is 1. The molecular formula is C11H18O2. The number of rotatable bonds is 2. The quantitative estimate of drug-likeness (QED) is 0.609. The van der Waals surface area contributed by atoms with Crippen molar-refractivity contribution in [3.63, 3.8) is 0 Å². The van der Waals surface area contributed by atoms with Crippen molar-refractivity contribution in [1.29, 1.82) is 0 Å². The summed E-state index contributed by atoms with van der Waals surface area (Å²) < 4.78 is 11.1. The lowest BCUT2D eigenvalue weighted by Crippen LogP contribution is -2.41. The van der Waals surface area contributed by atoms with Gasteiger partial charge >= 0.3 is 0 Å². The Kier molecular flexibility index (Phi) is 2.06. The van der Waals surface area contributed by atoms with Gasteiger partial charge in [-0.25, -0.2) is 0 Å². The summed E-state index contributed by atoms with van der Waals surface area (Å²) in [4.78, 5) is 0. The number of ether oxygens (including phenoxy) is 2. The maximum atomic E-state index is 5.62. The minimum Gasteiger partial charge on any atom is -0.378 e. The van der Waals surface area contributed by atoms with Crippen molar-refractivity contribution >= 4 is 0 Å². The fraction of sp³-hybridized carbons (Fsp3) is 1.00. The normalized spacial score (nSPS) is 49.8. The van der Waals surface area contributed by atoms with Crippen molar-refractivity contribution in [3.05, 3.63) is 0 Å². The third kappa shape index (κ3) is 1.50. The SMILES string of the molecule is C1CCC(C2CO2)C(C2CCO2)C1. The van der Waals surface area contributed by atoms with Crippen molar-refractivity contribution in [2.75, 3.05) is 13.2 Å². The molecule has 0 bridgehead atoms. The van der Waals surface area contributed by atoms with E-state index in [1.165, 1.54) is 32.1 Å². The van der Waals surface area contributed by atoms with Crippen LogP contribution < -0.4 is 0 Å². The van der Waals surface area contributed by atoms with Gasteiger partial charge in [-0.15, -0.1) is 0 Å². The van der Waals surface area contributed by atoms with Crippen molar-refractivity contribution in [2.45, 2.75) is 44.3 Å². The lowest BCUT2D eigenvalue weighted by Gasteiger charge is -2.40. The van der Waals surface area contributed by atoms with Crippen LogP contribution in [0, 0.1) is 11.8 Å². The molecule has 0 aromatic heterocycles. The van der Waals surface area contributed by atoms with Gasteiger partial charge in [-0.05, 0) is 31.1 Å². The molecule has 0 spiro atoms. The summed E-state index contributed by atoms with van der Waals surface area (Å²) in [5, 5.41) is 0. The van der Waals surface area contributed by atoms with Crippen LogP contribution in [-0.4, -0.2) is 25.4 Å². The molecule has 3 fully saturated rings. The molecule has 2 aliphatic heterocycles. The summed E-state index contributed by atoms with van der Waals surface area (Å²) in [5.41, 5.74) is 0. The minimum atomic E-state index is 0.592. The average molecular weight is 182 g/mol. The molecule has 13 heavy (non-hydrogen) atoms. The van der Waals surface area contributed by atoms with Crippen molar-refractivity contribution in [1.82, 2.24) is 0 Å². The first-order valence-corrected chi connectivity index (χ1v) is 5.68. The number of hydrogen-bond acceptors (Lipinski definition) is 2. The molecule has 3 rings (SSSR count). The van der Waals surface area contributed by atoms with Gasteiger partial charge in [0.2, 0.25) is 0 Å². The fourth-order valence-corrected chi connectivity index (χ4v) is 3.01. The first-order valence-electron chi connectivity index (χ1n) is 5.68. The van der Waals surface area contributed by atoms with Gasteiger partial charge in [0, 0.05) is 6.61 Å². The first kappa shape index (κ1) is 8.25. The number of hydrogen-bond donors (Lipinski definition) is 0. The smallest absolute Gasteiger partial charge is 0.0841 e. The van der Waals surface area contributed by atoms with E-state index in [1.54, 1.807) is 0 Å². The van der Waals surface area contributed by atoms with Crippen LogP contribution >= 0.6 is 0 Å². The molecular weight excluding hydrogens is 164 g/mol. The second-order valence-electron chi connectivity index (χ2n) is 4.68. The second kappa shape index (κ2) is 3.25. The van der Waals surface area contributed by atoms with Gasteiger partial charge in [-0.3, -0.25) is 0 Å².